The molecule has 0 amide bonds. The molecule has 1 unspecified atom stereocenters. The van der Waals surface area contributed by atoms with E-state index >= 15 is 0 Å². The Morgan fingerprint density at radius 2 is 2.38 bits per heavy atom. The minimum Gasteiger partial charge on any atom is -0.381 e. The van der Waals surface area contributed by atoms with Crippen molar-refractivity contribution in [1.82, 2.24) is 0 Å². The summed E-state index contributed by atoms with van der Waals surface area (Å²) in [5.41, 5.74) is 6.14. The highest BCUT2D eigenvalue weighted by Gasteiger charge is 2.30. The number of rotatable bonds is 5. The zero-order valence-corrected chi connectivity index (χ0v) is 9.37. The molecule has 3 heteroatoms. The second kappa shape index (κ2) is 5.89. The van der Waals surface area contributed by atoms with Gasteiger partial charge in [0, 0.05) is 18.6 Å². The topological polar surface area (TPSA) is 35.2 Å². The zero-order chi connectivity index (χ0) is 9.57. The van der Waals surface area contributed by atoms with Crippen molar-refractivity contribution in [1.29, 1.82) is 0 Å². The normalized spacial score (nSPS) is 29.1. The van der Waals surface area contributed by atoms with Crippen LogP contribution in [0.4, 0.5) is 0 Å². The number of ether oxygens (including phenoxy) is 1. The van der Waals surface area contributed by atoms with Crippen molar-refractivity contribution >= 4 is 11.8 Å². The summed E-state index contributed by atoms with van der Waals surface area (Å²) in [5, 5.41) is 0. The van der Waals surface area contributed by atoms with Gasteiger partial charge < -0.3 is 10.5 Å². The lowest BCUT2D eigenvalue weighted by molar-refractivity contribution is -0.00419. The Kier molecular flexibility index (Phi) is 5.14. The molecule has 2 N–H and O–H groups in total. The van der Waals surface area contributed by atoms with Gasteiger partial charge >= 0.3 is 0 Å². The van der Waals surface area contributed by atoms with Crippen LogP contribution in [0.1, 0.15) is 26.2 Å². The summed E-state index contributed by atoms with van der Waals surface area (Å²) in [6, 6.07) is 0. The Balaban J connectivity index is 2.29. The highest BCUT2D eigenvalue weighted by molar-refractivity contribution is 7.99. The minimum absolute atomic E-state index is 0.306. The monoisotopic (exact) mass is 203 g/mol. The second-order valence-electron chi connectivity index (χ2n) is 3.81. The van der Waals surface area contributed by atoms with Gasteiger partial charge in [0.05, 0.1) is 6.61 Å². The van der Waals surface area contributed by atoms with Crippen LogP contribution in [-0.4, -0.2) is 31.3 Å². The van der Waals surface area contributed by atoms with Crippen molar-refractivity contribution in [3.63, 3.8) is 0 Å². The molecule has 0 saturated carbocycles. The summed E-state index contributed by atoms with van der Waals surface area (Å²) in [6.07, 6.45) is 3.67. The third-order valence-corrected chi connectivity index (χ3v) is 3.72. The maximum absolute atomic E-state index is 5.83. The van der Waals surface area contributed by atoms with Gasteiger partial charge in [-0.25, -0.2) is 0 Å². The lowest BCUT2D eigenvalue weighted by Gasteiger charge is -2.35. The molecule has 1 aliphatic rings. The Labute approximate surface area is 85.6 Å². The van der Waals surface area contributed by atoms with Crippen LogP contribution < -0.4 is 5.73 Å². The minimum atomic E-state index is 0.306. The number of hydrogen-bond donors (Lipinski definition) is 1. The molecule has 0 aromatic rings. The van der Waals surface area contributed by atoms with Gasteiger partial charge in [0.15, 0.2) is 0 Å². The first-order valence-corrected chi connectivity index (χ1v) is 6.34. The Bertz CT molecular complexity index is 135. The summed E-state index contributed by atoms with van der Waals surface area (Å²) < 4.78 is 5.52. The first-order valence-electron chi connectivity index (χ1n) is 5.18. The van der Waals surface area contributed by atoms with Crippen molar-refractivity contribution < 1.29 is 4.74 Å². The number of hydrogen-bond acceptors (Lipinski definition) is 3. The van der Waals surface area contributed by atoms with Gasteiger partial charge in [-0.3, -0.25) is 0 Å². The van der Waals surface area contributed by atoms with Crippen molar-refractivity contribution in [3.05, 3.63) is 0 Å². The van der Waals surface area contributed by atoms with Crippen LogP contribution in [0.5, 0.6) is 0 Å². The number of nitrogens with two attached hydrogens (primary N) is 1. The van der Waals surface area contributed by atoms with E-state index in [2.05, 4.69) is 6.92 Å². The van der Waals surface area contributed by atoms with Crippen LogP contribution in [0.25, 0.3) is 0 Å². The fraction of sp³-hybridized carbons (Fsp3) is 1.00. The van der Waals surface area contributed by atoms with Crippen LogP contribution in [-0.2, 0) is 4.74 Å². The molecule has 0 bridgehead atoms. The van der Waals surface area contributed by atoms with E-state index in [1.807, 2.05) is 11.8 Å². The quantitative estimate of drug-likeness (QED) is 0.693. The SMILES string of the molecule is CCSCCC1(CN)CCCOC1. The van der Waals surface area contributed by atoms with Gasteiger partial charge in [-0.1, -0.05) is 6.92 Å². The van der Waals surface area contributed by atoms with Crippen LogP contribution in [0, 0.1) is 5.41 Å². The molecular weight excluding hydrogens is 182 g/mol. The molecule has 0 aliphatic carbocycles. The average molecular weight is 203 g/mol. The summed E-state index contributed by atoms with van der Waals surface area (Å²) in [6.45, 7) is 4.81. The molecule has 0 spiro atoms. The van der Waals surface area contributed by atoms with Gasteiger partial charge in [-0.05, 0) is 30.8 Å². The van der Waals surface area contributed by atoms with Gasteiger partial charge in [0.25, 0.3) is 0 Å². The standard InChI is InChI=1S/C10H21NOS/c1-2-13-7-5-10(8-11)4-3-6-12-9-10/h2-9,11H2,1H3. The molecule has 2 nitrogen and oxygen atoms in total. The molecule has 1 heterocycles. The molecule has 1 fully saturated rings. The first-order chi connectivity index (χ1) is 6.33. The van der Waals surface area contributed by atoms with E-state index in [1.165, 1.54) is 30.8 Å². The fourth-order valence-corrected chi connectivity index (χ4v) is 2.67. The maximum atomic E-state index is 5.83. The Morgan fingerprint density at radius 3 is 2.92 bits per heavy atom. The van der Waals surface area contributed by atoms with Crippen LogP contribution in [0.2, 0.25) is 0 Å². The number of thioether (sulfide) groups is 1. The molecule has 1 rings (SSSR count). The Hall–Kier alpha value is 0.270. The summed E-state index contributed by atoms with van der Waals surface area (Å²) >= 11 is 2.00. The molecule has 1 aliphatic heterocycles. The lowest BCUT2D eigenvalue weighted by Crippen LogP contribution is -2.39. The second-order valence-corrected chi connectivity index (χ2v) is 5.20. The van der Waals surface area contributed by atoms with Gasteiger partial charge in [0.2, 0.25) is 0 Å². The van der Waals surface area contributed by atoms with E-state index in [0.29, 0.717) is 5.41 Å². The average Bonchev–Trinajstić information content (AvgIpc) is 2.20. The molecule has 1 atom stereocenters. The van der Waals surface area contributed by atoms with Crippen LogP contribution >= 0.6 is 11.8 Å². The molecule has 1 saturated heterocycles. The molecular formula is C10H21NOS. The van der Waals surface area contributed by atoms with Crippen LogP contribution in [0.15, 0.2) is 0 Å². The predicted octanol–water partition coefficient (Wildman–Crippen LogP) is 1.89. The van der Waals surface area contributed by atoms with E-state index in [0.717, 1.165) is 19.8 Å². The predicted molar refractivity (Wildman–Crippen MR) is 59.2 cm³/mol. The van der Waals surface area contributed by atoms with E-state index < -0.39 is 0 Å². The van der Waals surface area contributed by atoms with E-state index in [1.54, 1.807) is 0 Å². The molecule has 0 radical (unpaired) electrons. The molecule has 78 valence electrons. The Morgan fingerprint density at radius 1 is 1.54 bits per heavy atom. The fourth-order valence-electron chi connectivity index (χ4n) is 1.80. The van der Waals surface area contributed by atoms with E-state index in [4.69, 9.17) is 10.5 Å². The third-order valence-electron chi connectivity index (χ3n) is 2.82. The van der Waals surface area contributed by atoms with Gasteiger partial charge in [-0.2, -0.15) is 11.8 Å². The third kappa shape index (κ3) is 3.49. The first kappa shape index (κ1) is 11.3. The molecule has 0 aromatic carbocycles. The summed E-state index contributed by atoms with van der Waals surface area (Å²) in [7, 11) is 0. The van der Waals surface area contributed by atoms with Gasteiger partial charge in [-0.15, -0.1) is 0 Å². The highest BCUT2D eigenvalue weighted by Crippen LogP contribution is 2.32. The van der Waals surface area contributed by atoms with Crippen LogP contribution in [0.3, 0.4) is 0 Å². The summed E-state index contributed by atoms with van der Waals surface area (Å²) in [5.74, 6) is 2.44. The lowest BCUT2D eigenvalue weighted by atomic mass is 9.80. The smallest absolute Gasteiger partial charge is 0.0534 e. The molecule has 0 aromatic heterocycles. The highest BCUT2D eigenvalue weighted by atomic mass is 32.2. The largest absolute Gasteiger partial charge is 0.381 e. The van der Waals surface area contributed by atoms with E-state index in [-0.39, 0.29) is 0 Å². The molecule has 13 heavy (non-hydrogen) atoms. The van der Waals surface area contributed by atoms with Crippen molar-refractivity contribution in [3.8, 4) is 0 Å². The van der Waals surface area contributed by atoms with Crippen molar-refractivity contribution in [2.45, 2.75) is 26.2 Å². The van der Waals surface area contributed by atoms with Crippen molar-refractivity contribution in [2.24, 2.45) is 11.1 Å². The van der Waals surface area contributed by atoms with Crippen molar-refractivity contribution in [2.75, 3.05) is 31.3 Å². The van der Waals surface area contributed by atoms with E-state index in [9.17, 15) is 0 Å². The summed E-state index contributed by atoms with van der Waals surface area (Å²) in [4.78, 5) is 0. The maximum Gasteiger partial charge on any atom is 0.0534 e. The zero-order valence-electron chi connectivity index (χ0n) is 8.55. The van der Waals surface area contributed by atoms with Gasteiger partial charge in [0.1, 0.15) is 0 Å².